The van der Waals surface area contributed by atoms with Crippen molar-refractivity contribution in [3.63, 3.8) is 0 Å². The Morgan fingerprint density at radius 2 is 1.83 bits per heavy atom. The van der Waals surface area contributed by atoms with Gasteiger partial charge in [-0.25, -0.2) is 9.79 Å². The van der Waals surface area contributed by atoms with E-state index in [0.717, 1.165) is 0 Å². The van der Waals surface area contributed by atoms with Crippen molar-refractivity contribution >= 4 is 17.9 Å². The van der Waals surface area contributed by atoms with E-state index in [0.29, 0.717) is 0 Å². The maximum Gasteiger partial charge on any atom is 0.329 e. The van der Waals surface area contributed by atoms with Crippen molar-refractivity contribution in [2.24, 2.45) is 16.5 Å². The predicted octanol–water partition coefficient (Wildman–Crippen LogP) is -1.81. The second kappa shape index (κ2) is 4.16. The number of hydrogen-bond acceptors (Lipinski definition) is 3. The molecule has 0 aromatic heterocycles. The molecule has 0 aliphatic carbocycles. The first-order chi connectivity index (χ1) is 5.43. The Morgan fingerprint density at radius 1 is 1.33 bits per heavy atom. The highest BCUT2D eigenvalue weighted by molar-refractivity contribution is 5.85. The molecule has 0 spiro atoms. The van der Waals surface area contributed by atoms with Crippen LogP contribution in [0, 0.1) is 0 Å². The summed E-state index contributed by atoms with van der Waals surface area (Å²) < 4.78 is 0. The number of guanidine groups is 1. The molecule has 1 atom stereocenters. The Hall–Kier alpha value is -1.79. The molecule has 0 aliphatic rings. The van der Waals surface area contributed by atoms with Gasteiger partial charge in [-0.3, -0.25) is 4.79 Å². The van der Waals surface area contributed by atoms with Crippen LogP contribution < -0.4 is 11.5 Å². The van der Waals surface area contributed by atoms with Gasteiger partial charge in [-0.2, -0.15) is 0 Å². The van der Waals surface area contributed by atoms with Crippen LogP contribution in [0.3, 0.4) is 0 Å². The van der Waals surface area contributed by atoms with Crippen molar-refractivity contribution in [2.75, 3.05) is 0 Å². The number of rotatable bonds is 4. The standard InChI is InChI=1S/C5H9N3O4/c6-5(7)8-2(4(11)12)1-3(9)10/h2H,1H2,(H,9,10)(H,11,12)(H4,6,7,8)/t2-/m1/s1. The summed E-state index contributed by atoms with van der Waals surface area (Å²) in [5.41, 5.74) is 9.76. The summed E-state index contributed by atoms with van der Waals surface area (Å²) in [5.74, 6) is -3.08. The van der Waals surface area contributed by atoms with Gasteiger partial charge in [0.2, 0.25) is 0 Å². The number of nitrogens with zero attached hydrogens (tertiary/aromatic N) is 1. The molecule has 0 rings (SSSR count). The van der Waals surface area contributed by atoms with E-state index in [4.69, 9.17) is 21.7 Å². The van der Waals surface area contributed by atoms with Crippen LogP contribution in [0.15, 0.2) is 4.99 Å². The summed E-state index contributed by atoms with van der Waals surface area (Å²) >= 11 is 0. The molecule has 0 fully saturated rings. The molecule has 0 aromatic rings. The predicted molar refractivity (Wildman–Crippen MR) is 39.5 cm³/mol. The van der Waals surface area contributed by atoms with Gasteiger partial charge in [0, 0.05) is 0 Å². The SMILES string of the molecule is NC(N)=N[C@H](CC(=O)O)C(=O)O. The molecule has 12 heavy (non-hydrogen) atoms. The van der Waals surface area contributed by atoms with Gasteiger partial charge in [0.25, 0.3) is 0 Å². The van der Waals surface area contributed by atoms with Crippen molar-refractivity contribution in [3.8, 4) is 0 Å². The molecule has 0 bridgehead atoms. The molecule has 0 radical (unpaired) electrons. The van der Waals surface area contributed by atoms with Gasteiger partial charge in [0.1, 0.15) is 0 Å². The van der Waals surface area contributed by atoms with E-state index >= 15 is 0 Å². The van der Waals surface area contributed by atoms with Crippen LogP contribution in [-0.2, 0) is 9.59 Å². The number of aliphatic imine (C=N–C) groups is 1. The number of carbonyl (C=O) groups is 2. The van der Waals surface area contributed by atoms with Crippen molar-refractivity contribution < 1.29 is 19.8 Å². The van der Waals surface area contributed by atoms with Gasteiger partial charge in [-0.05, 0) is 0 Å². The van der Waals surface area contributed by atoms with Crippen LogP contribution >= 0.6 is 0 Å². The summed E-state index contributed by atoms with van der Waals surface area (Å²) in [7, 11) is 0. The zero-order chi connectivity index (χ0) is 9.72. The van der Waals surface area contributed by atoms with Crippen molar-refractivity contribution in [1.82, 2.24) is 0 Å². The average molecular weight is 175 g/mol. The molecule has 6 N–H and O–H groups in total. The Kier molecular flexibility index (Phi) is 3.54. The minimum absolute atomic E-state index is 0.441. The highest BCUT2D eigenvalue weighted by atomic mass is 16.4. The molecule has 7 nitrogen and oxygen atoms in total. The zero-order valence-corrected chi connectivity index (χ0v) is 6.10. The molecule has 7 heteroatoms. The maximum atomic E-state index is 10.3. The van der Waals surface area contributed by atoms with Gasteiger partial charge >= 0.3 is 11.9 Å². The quantitative estimate of drug-likeness (QED) is 0.293. The molecule has 0 aromatic carbocycles. The lowest BCUT2D eigenvalue weighted by Crippen LogP contribution is -2.30. The van der Waals surface area contributed by atoms with Gasteiger partial charge in [-0.15, -0.1) is 0 Å². The summed E-state index contributed by atoms with van der Waals surface area (Å²) in [6.45, 7) is 0. The second-order valence-electron chi connectivity index (χ2n) is 2.01. The van der Waals surface area contributed by atoms with Gasteiger partial charge in [-0.1, -0.05) is 0 Å². The van der Waals surface area contributed by atoms with E-state index in [1.807, 2.05) is 0 Å². The summed E-state index contributed by atoms with van der Waals surface area (Å²) in [6.07, 6.45) is -0.632. The van der Waals surface area contributed by atoms with Crippen molar-refractivity contribution in [3.05, 3.63) is 0 Å². The largest absolute Gasteiger partial charge is 0.481 e. The molecular weight excluding hydrogens is 166 g/mol. The normalized spacial score (nSPS) is 11.7. The highest BCUT2D eigenvalue weighted by Gasteiger charge is 2.19. The molecule has 0 unspecified atom stereocenters. The summed E-state index contributed by atoms with van der Waals surface area (Å²) in [5, 5.41) is 16.6. The van der Waals surface area contributed by atoms with Crippen LogP contribution in [0.25, 0.3) is 0 Å². The van der Waals surface area contributed by atoms with E-state index in [2.05, 4.69) is 4.99 Å². The van der Waals surface area contributed by atoms with E-state index in [-0.39, 0.29) is 0 Å². The first-order valence-electron chi connectivity index (χ1n) is 2.97. The van der Waals surface area contributed by atoms with Gasteiger partial charge in [0.15, 0.2) is 12.0 Å². The number of nitrogens with two attached hydrogens (primary N) is 2. The van der Waals surface area contributed by atoms with E-state index in [1.54, 1.807) is 0 Å². The molecule has 0 heterocycles. The Labute approximate surface area is 67.7 Å². The van der Waals surface area contributed by atoms with Crippen molar-refractivity contribution in [2.45, 2.75) is 12.5 Å². The molecule has 0 saturated carbocycles. The van der Waals surface area contributed by atoms with Crippen LogP contribution in [0.1, 0.15) is 6.42 Å². The Bertz CT molecular complexity index is 221. The number of hydrogen-bond donors (Lipinski definition) is 4. The third kappa shape index (κ3) is 4.09. The van der Waals surface area contributed by atoms with Gasteiger partial charge in [0.05, 0.1) is 6.42 Å². The number of aliphatic carboxylic acids is 2. The smallest absolute Gasteiger partial charge is 0.329 e. The summed E-state index contributed by atoms with van der Waals surface area (Å²) in [4.78, 5) is 23.6. The lowest BCUT2D eigenvalue weighted by molar-refractivity contribution is -0.144. The van der Waals surface area contributed by atoms with Crippen LogP contribution in [0.5, 0.6) is 0 Å². The highest BCUT2D eigenvalue weighted by Crippen LogP contribution is 1.97. The lowest BCUT2D eigenvalue weighted by atomic mass is 10.2. The fourth-order valence-corrected chi connectivity index (χ4v) is 0.534. The molecule has 68 valence electrons. The Morgan fingerprint density at radius 3 is 2.08 bits per heavy atom. The third-order valence-electron chi connectivity index (χ3n) is 0.958. The topological polar surface area (TPSA) is 139 Å². The second-order valence-corrected chi connectivity index (χ2v) is 2.01. The van der Waals surface area contributed by atoms with Crippen LogP contribution in [0.2, 0.25) is 0 Å². The fourth-order valence-electron chi connectivity index (χ4n) is 0.534. The first kappa shape index (κ1) is 10.2. The molecular formula is C5H9N3O4. The number of carboxylic acids is 2. The van der Waals surface area contributed by atoms with Crippen LogP contribution in [0.4, 0.5) is 0 Å². The molecule has 0 saturated heterocycles. The minimum Gasteiger partial charge on any atom is -0.481 e. The molecule has 0 aliphatic heterocycles. The number of carboxylic acid groups (broad SMARTS) is 2. The molecule has 0 amide bonds. The van der Waals surface area contributed by atoms with E-state index < -0.39 is 30.4 Å². The van der Waals surface area contributed by atoms with E-state index in [1.165, 1.54) is 0 Å². The zero-order valence-electron chi connectivity index (χ0n) is 6.10. The fraction of sp³-hybridized carbons (Fsp3) is 0.400. The summed E-state index contributed by atoms with van der Waals surface area (Å²) in [6, 6.07) is -1.41. The average Bonchev–Trinajstić information content (AvgIpc) is 1.83. The minimum atomic E-state index is -1.41. The van der Waals surface area contributed by atoms with Crippen LogP contribution in [-0.4, -0.2) is 34.2 Å². The van der Waals surface area contributed by atoms with Crippen molar-refractivity contribution in [1.29, 1.82) is 0 Å². The lowest BCUT2D eigenvalue weighted by Gasteiger charge is -2.03. The Balaban J connectivity index is 4.35. The maximum absolute atomic E-state index is 10.3. The van der Waals surface area contributed by atoms with Gasteiger partial charge < -0.3 is 21.7 Å². The van der Waals surface area contributed by atoms with E-state index in [9.17, 15) is 9.59 Å². The first-order valence-corrected chi connectivity index (χ1v) is 2.97. The monoisotopic (exact) mass is 175 g/mol. The third-order valence-corrected chi connectivity index (χ3v) is 0.958.